The predicted molar refractivity (Wildman–Crippen MR) is 58.4 cm³/mol. The van der Waals surface area contributed by atoms with Crippen LogP contribution in [0.1, 0.15) is 11.5 Å². The number of aliphatic hydroxyl groups is 1. The summed E-state index contributed by atoms with van der Waals surface area (Å²) in [6.07, 6.45) is 0. The molecule has 0 fully saturated rings. The third-order valence-electron chi connectivity index (χ3n) is 2.45. The van der Waals surface area contributed by atoms with Crippen LogP contribution >= 0.6 is 0 Å². The van der Waals surface area contributed by atoms with Crippen molar-refractivity contribution < 1.29 is 19.0 Å². The van der Waals surface area contributed by atoms with E-state index in [0.29, 0.717) is 11.3 Å². The van der Waals surface area contributed by atoms with E-state index in [1.807, 2.05) is 0 Å². The number of aliphatic hydroxyl groups excluding tert-OH is 1. The van der Waals surface area contributed by atoms with E-state index in [9.17, 15) is 9.50 Å². The number of hydrogen-bond donors (Lipinski definition) is 2. The van der Waals surface area contributed by atoms with Crippen molar-refractivity contribution in [3.8, 4) is 11.5 Å². The van der Waals surface area contributed by atoms with Gasteiger partial charge in [-0.05, 0) is 12.1 Å². The minimum absolute atomic E-state index is 0.0730. The van der Waals surface area contributed by atoms with Gasteiger partial charge in [-0.2, -0.15) is 0 Å². The molecule has 0 heterocycles. The summed E-state index contributed by atoms with van der Waals surface area (Å²) in [6.45, 7) is -0.000648. The van der Waals surface area contributed by atoms with E-state index in [1.54, 1.807) is 0 Å². The molecule has 0 spiro atoms. The lowest BCUT2D eigenvalue weighted by Crippen LogP contribution is -2.18. The number of nitrogens with two attached hydrogens (primary N) is 1. The monoisotopic (exact) mass is 229 g/mol. The molecular weight excluding hydrogens is 213 g/mol. The van der Waals surface area contributed by atoms with Crippen molar-refractivity contribution in [2.75, 3.05) is 27.4 Å². The highest BCUT2D eigenvalue weighted by Crippen LogP contribution is 2.36. The number of benzene rings is 1. The third-order valence-corrected chi connectivity index (χ3v) is 2.45. The van der Waals surface area contributed by atoms with E-state index in [-0.39, 0.29) is 18.9 Å². The fourth-order valence-corrected chi connectivity index (χ4v) is 1.61. The van der Waals surface area contributed by atoms with Crippen LogP contribution in [0.25, 0.3) is 0 Å². The number of ether oxygens (including phenoxy) is 2. The Bertz CT molecular complexity index is 353. The van der Waals surface area contributed by atoms with Crippen LogP contribution in [0.2, 0.25) is 0 Å². The first-order valence-electron chi connectivity index (χ1n) is 4.90. The first-order valence-corrected chi connectivity index (χ1v) is 4.90. The van der Waals surface area contributed by atoms with Gasteiger partial charge < -0.3 is 20.3 Å². The Morgan fingerprint density at radius 3 is 2.50 bits per heavy atom. The minimum atomic E-state index is -0.495. The minimum Gasteiger partial charge on any atom is -0.496 e. The third kappa shape index (κ3) is 2.25. The van der Waals surface area contributed by atoms with Crippen LogP contribution in [-0.4, -0.2) is 32.5 Å². The fourth-order valence-electron chi connectivity index (χ4n) is 1.61. The highest BCUT2D eigenvalue weighted by atomic mass is 19.1. The molecule has 0 aromatic heterocycles. The van der Waals surface area contributed by atoms with Crippen molar-refractivity contribution in [1.29, 1.82) is 0 Å². The summed E-state index contributed by atoms with van der Waals surface area (Å²) < 4.78 is 23.6. The Hall–Kier alpha value is -1.33. The first-order chi connectivity index (χ1) is 7.69. The average molecular weight is 229 g/mol. The maximum absolute atomic E-state index is 13.5. The molecule has 1 unspecified atom stereocenters. The van der Waals surface area contributed by atoms with Gasteiger partial charge in [-0.3, -0.25) is 0 Å². The van der Waals surface area contributed by atoms with Gasteiger partial charge in [0.05, 0.1) is 20.8 Å². The lowest BCUT2D eigenvalue weighted by atomic mass is 9.97. The van der Waals surface area contributed by atoms with Crippen LogP contribution < -0.4 is 15.2 Å². The quantitative estimate of drug-likeness (QED) is 0.786. The van der Waals surface area contributed by atoms with Gasteiger partial charge >= 0.3 is 0 Å². The molecule has 0 saturated heterocycles. The summed E-state index contributed by atoms with van der Waals surface area (Å²) in [5, 5.41) is 9.20. The van der Waals surface area contributed by atoms with Gasteiger partial charge in [0.25, 0.3) is 0 Å². The van der Waals surface area contributed by atoms with E-state index in [4.69, 9.17) is 15.2 Å². The molecule has 0 aliphatic heterocycles. The van der Waals surface area contributed by atoms with Crippen molar-refractivity contribution in [3.05, 3.63) is 23.5 Å². The zero-order valence-corrected chi connectivity index (χ0v) is 9.37. The standard InChI is InChI=1S/C11H16FNO3/c1-15-9-4-3-8(12)11(16-2)10(9)7(5-13)6-14/h3-4,7,14H,5-6,13H2,1-2H3. The van der Waals surface area contributed by atoms with Gasteiger partial charge in [0.2, 0.25) is 0 Å². The Labute approximate surface area is 93.8 Å². The Kier molecular flexibility index (Phi) is 4.52. The second kappa shape index (κ2) is 5.67. The molecule has 1 rings (SSSR count). The topological polar surface area (TPSA) is 64.7 Å². The molecule has 1 aromatic rings. The van der Waals surface area contributed by atoms with Gasteiger partial charge in [-0.1, -0.05) is 0 Å². The normalized spacial score (nSPS) is 12.3. The van der Waals surface area contributed by atoms with Crippen LogP contribution in [0.5, 0.6) is 11.5 Å². The van der Waals surface area contributed by atoms with E-state index in [0.717, 1.165) is 0 Å². The molecule has 3 N–H and O–H groups in total. The van der Waals surface area contributed by atoms with E-state index < -0.39 is 11.7 Å². The molecule has 0 amide bonds. The summed E-state index contributed by atoms with van der Waals surface area (Å²) in [5.41, 5.74) is 5.99. The number of rotatable bonds is 5. The number of halogens is 1. The van der Waals surface area contributed by atoms with Gasteiger partial charge in [0.1, 0.15) is 5.75 Å². The molecule has 90 valence electrons. The number of methoxy groups -OCH3 is 2. The van der Waals surface area contributed by atoms with Gasteiger partial charge in [0.15, 0.2) is 11.6 Å². The molecule has 0 radical (unpaired) electrons. The van der Waals surface area contributed by atoms with Crippen molar-refractivity contribution in [2.45, 2.75) is 5.92 Å². The summed E-state index contributed by atoms with van der Waals surface area (Å²) in [7, 11) is 2.84. The van der Waals surface area contributed by atoms with Gasteiger partial charge in [-0.15, -0.1) is 0 Å². The largest absolute Gasteiger partial charge is 0.496 e. The zero-order valence-electron chi connectivity index (χ0n) is 9.37. The Morgan fingerprint density at radius 2 is 2.06 bits per heavy atom. The molecule has 0 saturated carbocycles. The maximum atomic E-state index is 13.5. The second-order valence-corrected chi connectivity index (χ2v) is 3.31. The van der Waals surface area contributed by atoms with Gasteiger partial charge in [-0.25, -0.2) is 4.39 Å². The van der Waals surface area contributed by atoms with Crippen LogP contribution in [-0.2, 0) is 0 Å². The van der Waals surface area contributed by atoms with E-state index >= 15 is 0 Å². The molecular formula is C11H16FNO3. The van der Waals surface area contributed by atoms with Crippen LogP contribution in [0.4, 0.5) is 4.39 Å². The highest BCUT2D eigenvalue weighted by Gasteiger charge is 2.22. The van der Waals surface area contributed by atoms with Crippen LogP contribution in [0.15, 0.2) is 12.1 Å². The molecule has 1 aromatic carbocycles. The van der Waals surface area contributed by atoms with Crippen molar-refractivity contribution in [1.82, 2.24) is 0 Å². The molecule has 0 aliphatic carbocycles. The second-order valence-electron chi connectivity index (χ2n) is 3.31. The number of hydrogen-bond acceptors (Lipinski definition) is 4. The SMILES string of the molecule is COc1ccc(F)c(OC)c1C(CN)CO. The molecule has 1 atom stereocenters. The Morgan fingerprint density at radius 1 is 1.38 bits per heavy atom. The Balaban J connectivity index is 3.34. The van der Waals surface area contributed by atoms with Crippen LogP contribution in [0.3, 0.4) is 0 Å². The molecule has 16 heavy (non-hydrogen) atoms. The highest BCUT2D eigenvalue weighted by molar-refractivity contribution is 5.48. The summed E-state index contributed by atoms with van der Waals surface area (Å²) in [6, 6.07) is 2.75. The molecule has 0 aliphatic rings. The van der Waals surface area contributed by atoms with Crippen molar-refractivity contribution in [3.63, 3.8) is 0 Å². The fraction of sp³-hybridized carbons (Fsp3) is 0.455. The first kappa shape index (κ1) is 12.7. The van der Waals surface area contributed by atoms with Crippen molar-refractivity contribution >= 4 is 0 Å². The van der Waals surface area contributed by atoms with Crippen molar-refractivity contribution in [2.24, 2.45) is 5.73 Å². The lowest BCUT2D eigenvalue weighted by molar-refractivity contribution is 0.259. The maximum Gasteiger partial charge on any atom is 0.165 e. The average Bonchev–Trinajstić information content (AvgIpc) is 2.31. The van der Waals surface area contributed by atoms with Crippen LogP contribution in [0, 0.1) is 5.82 Å². The molecule has 5 heteroatoms. The molecule has 0 bridgehead atoms. The van der Waals surface area contributed by atoms with E-state index in [1.165, 1.54) is 26.4 Å². The van der Waals surface area contributed by atoms with Gasteiger partial charge in [0, 0.05) is 18.0 Å². The smallest absolute Gasteiger partial charge is 0.165 e. The lowest BCUT2D eigenvalue weighted by Gasteiger charge is -2.19. The molecule has 4 nitrogen and oxygen atoms in total. The summed E-state index contributed by atoms with van der Waals surface area (Å²) in [4.78, 5) is 0. The van der Waals surface area contributed by atoms with E-state index in [2.05, 4.69) is 0 Å². The zero-order chi connectivity index (χ0) is 12.1. The predicted octanol–water partition coefficient (Wildman–Crippen LogP) is 0.877. The summed E-state index contributed by atoms with van der Waals surface area (Å²) >= 11 is 0. The summed E-state index contributed by atoms with van der Waals surface area (Å²) in [5.74, 6) is -0.364.